The second-order valence-electron chi connectivity index (χ2n) is 4.65. The first-order chi connectivity index (χ1) is 10.4. The standard InChI is InChI=1S/C14H18N2O6/c1-3-4-5-11(14(18)19)15-13(17)10-8-9(16(20)21)6-7-12(10)22-2/h6-8,11H,3-5H2,1-2H3,(H,15,17)(H,18,19)/t11-/m0/s1. The molecular formula is C14H18N2O6. The predicted molar refractivity (Wildman–Crippen MR) is 78.1 cm³/mol. The molecule has 0 aliphatic rings. The Hall–Kier alpha value is -2.64. The molecule has 8 heteroatoms. The van der Waals surface area contributed by atoms with Crippen molar-refractivity contribution < 1.29 is 24.4 Å². The number of nitrogens with one attached hydrogen (secondary N) is 1. The molecule has 1 atom stereocenters. The topological polar surface area (TPSA) is 119 Å². The zero-order chi connectivity index (χ0) is 16.7. The molecule has 8 nitrogen and oxygen atoms in total. The van der Waals surface area contributed by atoms with Gasteiger partial charge in [0.25, 0.3) is 11.6 Å². The van der Waals surface area contributed by atoms with Crippen LogP contribution < -0.4 is 10.1 Å². The maximum atomic E-state index is 12.2. The van der Waals surface area contributed by atoms with Crippen molar-refractivity contribution in [3.05, 3.63) is 33.9 Å². The summed E-state index contributed by atoms with van der Waals surface area (Å²) in [5.74, 6) is -1.72. The van der Waals surface area contributed by atoms with Gasteiger partial charge in [-0.3, -0.25) is 14.9 Å². The fourth-order valence-electron chi connectivity index (χ4n) is 1.89. The Bertz CT molecular complexity index is 572. The van der Waals surface area contributed by atoms with Gasteiger partial charge in [-0.1, -0.05) is 19.8 Å². The van der Waals surface area contributed by atoms with E-state index in [2.05, 4.69) is 5.32 Å². The van der Waals surface area contributed by atoms with Gasteiger partial charge in [0.15, 0.2) is 0 Å². The van der Waals surface area contributed by atoms with Gasteiger partial charge in [-0.05, 0) is 12.5 Å². The molecule has 0 saturated heterocycles. The van der Waals surface area contributed by atoms with Crippen LogP contribution in [0.5, 0.6) is 5.75 Å². The number of ether oxygens (including phenoxy) is 1. The Balaban J connectivity index is 3.02. The zero-order valence-electron chi connectivity index (χ0n) is 12.4. The van der Waals surface area contributed by atoms with Crippen LogP contribution >= 0.6 is 0 Å². The fourth-order valence-corrected chi connectivity index (χ4v) is 1.89. The Kier molecular flexibility index (Phi) is 6.30. The number of non-ortho nitro benzene ring substituents is 1. The number of nitro benzene ring substituents is 1. The average molecular weight is 310 g/mol. The second kappa shape index (κ2) is 7.96. The lowest BCUT2D eigenvalue weighted by Gasteiger charge is -2.15. The van der Waals surface area contributed by atoms with Crippen molar-refractivity contribution in [2.45, 2.75) is 32.2 Å². The van der Waals surface area contributed by atoms with Gasteiger partial charge in [0.2, 0.25) is 0 Å². The van der Waals surface area contributed by atoms with Crippen LogP contribution in [0.25, 0.3) is 0 Å². The fraction of sp³-hybridized carbons (Fsp3) is 0.429. The van der Waals surface area contributed by atoms with Crippen LogP contribution in [0.1, 0.15) is 36.5 Å². The summed E-state index contributed by atoms with van der Waals surface area (Å²) in [5, 5.41) is 22.3. The minimum atomic E-state index is -1.15. The molecule has 0 aliphatic carbocycles. The Morgan fingerprint density at radius 2 is 2.14 bits per heavy atom. The van der Waals surface area contributed by atoms with E-state index in [1.807, 2.05) is 6.92 Å². The van der Waals surface area contributed by atoms with E-state index < -0.39 is 22.8 Å². The molecule has 0 aliphatic heterocycles. The molecule has 0 spiro atoms. The van der Waals surface area contributed by atoms with Crippen molar-refractivity contribution in [1.82, 2.24) is 5.32 Å². The SMILES string of the molecule is CCCC[C@H](NC(=O)c1cc([N+](=O)[O-])ccc1OC)C(=O)O. The van der Waals surface area contributed by atoms with Gasteiger partial charge < -0.3 is 15.2 Å². The monoisotopic (exact) mass is 310 g/mol. The first kappa shape index (κ1) is 17.4. The Morgan fingerprint density at radius 1 is 1.45 bits per heavy atom. The Labute approximate surface area is 127 Å². The lowest BCUT2D eigenvalue weighted by atomic mass is 10.1. The highest BCUT2D eigenvalue weighted by Crippen LogP contribution is 2.24. The molecular weight excluding hydrogens is 292 g/mol. The number of rotatable bonds is 8. The predicted octanol–water partition coefficient (Wildman–Crippen LogP) is 1.98. The summed E-state index contributed by atoms with van der Waals surface area (Å²) in [4.78, 5) is 33.5. The molecule has 0 fully saturated rings. The quantitative estimate of drug-likeness (QED) is 0.559. The van der Waals surface area contributed by atoms with E-state index in [9.17, 15) is 19.7 Å². The summed E-state index contributed by atoms with van der Waals surface area (Å²) < 4.78 is 4.99. The molecule has 0 heterocycles. The van der Waals surface area contributed by atoms with Gasteiger partial charge >= 0.3 is 5.97 Å². The lowest BCUT2D eigenvalue weighted by Crippen LogP contribution is -2.40. The van der Waals surface area contributed by atoms with Gasteiger partial charge in [-0.25, -0.2) is 4.79 Å². The van der Waals surface area contributed by atoms with Gasteiger partial charge in [-0.2, -0.15) is 0 Å². The molecule has 0 radical (unpaired) electrons. The first-order valence-electron chi connectivity index (χ1n) is 6.76. The lowest BCUT2D eigenvalue weighted by molar-refractivity contribution is -0.384. The molecule has 120 valence electrons. The van der Waals surface area contributed by atoms with E-state index in [0.29, 0.717) is 6.42 Å². The number of hydrogen-bond donors (Lipinski definition) is 2. The number of hydrogen-bond acceptors (Lipinski definition) is 5. The molecule has 2 N–H and O–H groups in total. The van der Waals surface area contributed by atoms with E-state index >= 15 is 0 Å². The average Bonchev–Trinajstić information content (AvgIpc) is 2.49. The van der Waals surface area contributed by atoms with Crippen LogP contribution in [0.3, 0.4) is 0 Å². The summed E-state index contributed by atoms with van der Waals surface area (Å²) in [6, 6.07) is 2.53. The van der Waals surface area contributed by atoms with E-state index in [1.165, 1.54) is 19.2 Å². The third-order valence-electron chi connectivity index (χ3n) is 3.09. The van der Waals surface area contributed by atoms with Crippen LogP contribution in [0.15, 0.2) is 18.2 Å². The molecule has 0 aromatic heterocycles. The molecule has 0 unspecified atom stereocenters. The van der Waals surface area contributed by atoms with Gasteiger partial charge in [0.05, 0.1) is 17.6 Å². The largest absolute Gasteiger partial charge is 0.496 e. The number of carbonyl (C=O) groups is 2. The van der Waals surface area contributed by atoms with Crippen LogP contribution in [0.2, 0.25) is 0 Å². The zero-order valence-corrected chi connectivity index (χ0v) is 12.4. The van der Waals surface area contributed by atoms with Crippen molar-refractivity contribution in [3.63, 3.8) is 0 Å². The summed E-state index contributed by atoms with van der Waals surface area (Å²) >= 11 is 0. The number of carboxylic acid groups (broad SMARTS) is 1. The van der Waals surface area contributed by atoms with E-state index in [0.717, 1.165) is 12.5 Å². The third kappa shape index (κ3) is 4.44. The van der Waals surface area contributed by atoms with E-state index in [-0.39, 0.29) is 23.4 Å². The molecule has 1 amide bonds. The number of carboxylic acids is 1. The minimum Gasteiger partial charge on any atom is -0.496 e. The van der Waals surface area contributed by atoms with Crippen LogP contribution in [-0.2, 0) is 4.79 Å². The highest BCUT2D eigenvalue weighted by molar-refractivity contribution is 5.99. The van der Waals surface area contributed by atoms with E-state index in [4.69, 9.17) is 9.84 Å². The normalized spacial score (nSPS) is 11.5. The van der Waals surface area contributed by atoms with Crippen molar-refractivity contribution in [2.75, 3.05) is 7.11 Å². The summed E-state index contributed by atoms with van der Waals surface area (Å²) in [5.41, 5.74) is -0.342. The number of amides is 1. The van der Waals surface area contributed by atoms with Crippen molar-refractivity contribution in [3.8, 4) is 5.75 Å². The van der Waals surface area contributed by atoms with Crippen LogP contribution in [0.4, 0.5) is 5.69 Å². The first-order valence-corrected chi connectivity index (χ1v) is 6.76. The molecule has 0 saturated carbocycles. The van der Waals surface area contributed by atoms with Gasteiger partial charge in [0, 0.05) is 12.1 Å². The summed E-state index contributed by atoms with van der Waals surface area (Å²) in [6.07, 6.45) is 1.72. The number of unbranched alkanes of at least 4 members (excludes halogenated alkanes) is 1. The van der Waals surface area contributed by atoms with Crippen molar-refractivity contribution in [1.29, 1.82) is 0 Å². The van der Waals surface area contributed by atoms with Gasteiger partial charge in [-0.15, -0.1) is 0 Å². The molecule has 0 bridgehead atoms. The number of nitrogens with zero attached hydrogens (tertiary/aromatic N) is 1. The molecule has 22 heavy (non-hydrogen) atoms. The molecule has 1 aromatic carbocycles. The summed E-state index contributed by atoms with van der Waals surface area (Å²) in [7, 11) is 1.32. The molecule has 1 aromatic rings. The van der Waals surface area contributed by atoms with Crippen LogP contribution in [0, 0.1) is 10.1 Å². The van der Waals surface area contributed by atoms with Crippen molar-refractivity contribution >= 4 is 17.6 Å². The molecule has 1 rings (SSSR count). The number of methoxy groups -OCH3 is 1. The number of nitro groups is 1. The number of benzene rings is 1. The number of carbonyl (C=O) groups excluding carboxylic acids is 1. The highest BCUT2D eigenvalue weighted by atomic mass is 16.6. The van der Waals surface area contributed by atoms with Crippen molar-refractivity contribution in [2.24, 2.45) is 0 Å². The maximum absolute atomic E-state index is 12.2. The smallest absolute Gasteiger partial charge is 0.326 e. The summed E-state index contributed by atoms with van der Waals surface area (Å²) in [6.45, 7) is 1.91. The maximum Gasteiger partial charge on any atom is 0.326 e. The third-order valence-corrected chi connectivity index (χ3v) is 3.09. The van der Waals surface area contributed by atoms with Crippen LogP contribution in [-0.4, -0.2) is 35.1 Å². The second-order valence-corrected chi connectivity index (χ2v) is 4.65. The van der Waals surface area contributed by atoms with E-state index in [1.54, 1.807) is 0 Å². The highest BCUT2D eigenvalue weighted by Gasteiger charge is 2.23. The Morgan fingerprint density at radius 3 is 2.64 bits per heavy atom. The number of aliphatic carboxylic acids is 1. The minimum absolute atomic E-state index is 0.0700. The van der Waals surface area contributed by atoms with Gasteiger partial charge in [0.1, 0.15) is 11.8 Å².